The number of ether oxygens (including phenoxy) is 2. The van der Waals surface area contributed by atoms with Crippen LogP contribution in [0, 0.1) is 6.92 Å². The first-order chi connectivity index (χ1) is 18.9. The molecule has 1 saturated heterocycles. The van der Waals surface area contributed by atoms with Crippen molar-refractivity contribution in [2.75, 3.05) is 50.2 Å². The lowest BCUT2D eigenvalue weighted by molar-refractivity contribution is 0.0247. The van der Waals surface area contributed by atoms with Gasteiger partial charge in [-0.15, -0.1) is 0 Å². The summed E-state index contributed by atoms with van der Waals surface area (Å²) in [6, 6.07) is 11.4. The summed E-state index contributed by atoms with van der Waals surface area (Å²) in [4.78, 5) is 25.9. The molecule has 1 aliphatic rings. The predicted molar refractivity (Wildman–Crippen MR) is 159 cm³/mol. The monoisotopic (exact) mass is 647 g/mol. The van der Waals surface area contributed by atoms with Crippen molar-refractivity contribution in [3.05, 3.63) is 69.6 Å². The molecule has 5 rings (SSSR count). The Hall–Kier alpha value is -3.16. The van der Waals surface area contributed by atoms with E-state index >= 15 is 0 Å². The number of aromatic nitrogens is 3. The minimum absolute atomic E-state index is 0.194. The van der Waals surface area contributed by atoms with Crippen molar-refractivity contribution in [1.82, 2.24) is 15.0 Å². The van der Waals surface area contributed by atoms with Crippen LogP contribution in [0.2, 0.25) is 0 Å². The van der Waals surface area contributed by atoms with Crippen molar-refractivity contribution in [1.29, 1.82) is 0 Å². The number of aromatic amines is 2. The molecule has 0 spiro atoms. The van der Waals surface area contributed by atoms with Crippen molar-refractivity contribution in [2.45, 2.75) is 23.6 Å². The van der Waals surface area contributed by atoms with Crippen molar-refractivity contribution >= 4 is 45.0 Å². The van der Waals surface area contributed by atoms with E-state index in [2.05, 4.69) is 42.8 Å². The molecule has 206 valence electrons. The number of alkyl halides is 2. The molecule has 2 aromatic heterocycles. The third kappa shape index (κ3) is 5.75. The largest absolute Gasteiger partial charge is 0.496 e. The number of pyridine rings is 1. The smallest absolute Gasteiger partial charge is 0.261 e. The first-order valence-electron chi connectivity index (χ1n) is 12.7. The fourth-order valence-electron chi connectivity index (χ4n) is 4.92. The molecule has 3 heterocycles. The van der Waals surface area contributed by atoms with Gasteiger partial charge in [0.1, 0.15) is 29.9 Å². The standard InChI is InChI=1S/C28H31FIN5O4/c1-16-9-19(35-7-8-39-20(12-29)15-35)11-22-26(16)34-27(33-22)25-21(5-6-31-28(25)37)32-14-23(36)17-3-4-24(38-2)18(10-17)13-30/h3-6,9-11,20,23,36H,7-8,12-15H2,1-2H3,(H,33,34)(H2,31,32,37)/t20?,23-/m1/s1. The number of morpholine rings is 1. The van der Waals surface area contributed by atoms with E-state index in [0.29, 0.717) is 36.8 Å². The summed E-state index contributed by atoms with van der Waals surface area (Å²) < 4.78 is 24.8. The Labute approximate surface area is 238 Å². The van der Waals surface area contributed by atoms with Crippen LogP contribution in [0.4, 0.5) is 15.8 Å². The minimum atomic E-state index is -0.799. The molecule has 0 aliphatic carbocycles. The molecule has 0 bridgehead atoms. The lowest BCUT2D eigenvalue weighted by Gasteiger charge is -2.33. The third-order valence-electron chi connectivity index (χ3n) is 6.95. The number of anilines is 2. The van der Waals surface area contributed by atoms with Crippen LogP contribution in [0.5, 0.6) is 5.75 Å². The summed E-state index contributed by atoms with van der Waals surface area (Å²) in [7, 11) is 1.63. The van der Waals surface area contributed by atoms with Gasteiger partial charge in [0.05, 0.1) is 36.5 Å². The number of fused-ring (bicyclic) bond motifs is 1. The molecule has 1 unspecified atom stereocenters. The van der Waals surface area contributed by atoms with Gasteiger partial charge in [0.15, 0.2) is 0 Å². The first-order valence-corrected chi connectivity index (χ1v) is 14.2. The van der Waals surface area contributed by atoms with Gasteiger partial charge < -0.3 is 34.8 Å². The van der Waals surface area contributed by atoms with Gasteiger partial charge in [-0.05, 0) is 48.4 Å². The predicted octanol–water partition coefficient (Wildman–Crippen LogP) is 4.49. The lowest BCUT2D eigenvalue weighted by atomic mass is 10.1. The number of nitrogens with zero attached hydrogens (tertiary/aromatic N) is 2. The zero-order valence-corrected chi connectivity index (χ0v) is 23.9. The van der Waals surface area contributed by atoms with E-state index < -0.39 is 18.9 Å². The van der Waals surface area contributed by atoms with Gasteiger partial charge in [0.2, 0.25) is 0 Å². The van der Waals surface area contributed by atoms with Gasteiger partial charge in [-0.3, -0.25) is 4.79 Å². The van der Waals surface area contributed by atoms with Crippen LogP contribution in [0.25, 0.3) is 22.4 Å². The molecule has 0 radical (unpaired) electrons. The van der Waals surface area contributed by atoms with E-state index in [1.807, 2.05) is 37.3 Å². The second-order valence-electron chi connectivity index (χ2n) is 9.53. The molecule has 4 N–H and O–H groups in total. The van der Waals surface area contributed by atoms with Crippen LogP contribution >= 0.6 is 22.6 Å². The highest BCUT2D eigenvalue weighted by molar-refractivity contribution is 14.1. The van der Waals surface area contributed by atoms with E-state index in [1.54, 1.807) is 19.4 Å². The van der Waals surface area contributed by atoms with Crippen LogP contribution in [-0.4, -0.2) is 66.2 Å². The number of nitrogens with one attached hydrogen (secondary N) is 3. The SMILES string of the molecule is COc1ccc([C@H](O)CNc2cc[nH]c(=O)c2-c2nc3c(C)cc(N4CCOC(CF)C4)cc3[nH]2)cc1CI. The van der Waals surface area contributed by atoms with E-state index in [-0.39, 0.29) is 12.1 Å². The second-order valence-corrected chi connectivity index (χ2v) is 10.3. The highest BCUT2D eigenvalue weighted by atomic mass is 127. The molecule has 0 saturated carbocycles. The normalized spacial score (nSPS) is 16.4. The maximum atomic E-state index is 13.2. The number of methoxy groups -OCH3 is 1. The fraction of sp³-hybridized carbons (Fsp3) is 0.357. The average molecular weight is 647 g/mol. The fourth-order valence-corrected chi connectivity index (χ4v) is 5.51. The number of aliphatic hydroxyl groups excluding tert-OH is 1. The summed E-state index contributed by atoms with van der Waals surface area (Å²) in [5, 5.41) is 14.1. The number of aliphatic hydroxyl groups is 1. The topological polar surface area (TPSA) is 116 Å². The summed E-state index contributed by atoms with van der Waals surface area (Å²) in [5.74, 6) is 1.20. The minimum Gasteiger partial charge on any atom is -0.496 e. The second kappa shape index (κ2) is 11.9. The van der Waals surface area contributed by atoms with Crippen LogP contribution < -0.4 is 20.5 Å². The van der Waals surface area contributed by atoms with Gasteiger partial charge in [0.25, 0.3) is 5.56 Å². The van der Waals surface area contributed by atoms with E-state index in [1.165, 1.54) is 0 Å². The molecule has 2 atom stereocenters. The third-order valence-corrected chi connectivity index (χ3v) is 7.78. The molecule has 2 aromatic carbocycles. The molecule has 9 nitrogen and oxygen atoms in total. The molecule has 11 heteroatoms. The number of aryl methyl sites for hydroxylation is 1. The van der Waals surface area contributed by atoms with Crippen molar-refractivity contribution in [3.63, 3.8) is 0 Å². The number of H-pyrrole nitrogens is 2. The van der Waals surface area contributed by atoms with Crippen LogP contribution in [-0.2, 0) is 9.16 Å². The quantitative estimate of drug-likeness (QED) is 0.156. The van der Waals surface area contributed by atoms with Gasteiger partial charge in [-0.2, -0.15) is 0 Å². The molecule has 0 amide bonds. The molecule has 1 aliphatic heterocycles. The Kier molecular flexibility index (Phi) is 8.38. The number of rotatable bonds is 9. The van der Waals surface area contributed by atoms with Gasteiger partial charge >= 0.3 is 0 Å². The summed E-state index contributed by atoms with van der Waals surface area (Å²) in [6.07, 6.45) is 0.324. The van der Waals surface area contributed by atoms with Gasteiger partial charge in [0, 0.05) is 41.5 Å². The van der Waals surface area contributed by atoms with Crippen molar-refractivity contribution in [2.24, 2.45) is 0 Å². The number of imidazole rings is 1. The Bertz CT molecular complexity index is 1520. The van der Waals surface area contributed by atoms with Crippen molar-refractivity contribution < 1.29 is 19.0 Å². The molecular formula is C28H31FIN5O4. The summed E-state index contributed by atoms with van der Waals surface area (Å²) in [5.41, 5.74) is 5.78. The van der Waals surface area contributed by atoms with E-state index in [0.717, 1.165) is 43.6 Å². The average Bonchev–Trinajstić information content (AvgIpc) is 3.39. The molecular weight excluding hydrogens is 616 g/mol. The first kappa shape index (κ1) is 27.4. The summed E-state index contributed by atoms with van der Waals surface area (Å²) >= 11 is 2.26. The molecule has 4 aromatic rings. The van der Waals surface area contributed by atoms with Gasteiger partial charge in [-0.1, -0.05) is 28.7 Å². The Balaban J connectivity index is 1.42. The zero-order chi connectivity index (χ0) is 27.5. The van der Waals surface area contributed by atoms with Crippen LogP contribution in [0.3, 0.4) is 0 Å². The Morgan fingerprint density at radius 1 is 1.33 bits per heavy atom. The Morgan fingerprint density at radius 3 is 2.95 bits per heavy atom. The summed E-state index contributed by atoms with van der Waals surface area (Å²) in [6.45, 7) is 3.25. The lowest BCUT2D eigenvalue weighted by Crippen LogP contribution is -2.43. The molecule has 39 heavy (non-hydrogen) atoms. The van der Waals surface area contributed by atoms with E-state index in [9.17, 15) is 14.3 Å². The highest BCUT2D eigenvalue weighted by Crippen LogP contribution is 2.31. The van der Waals surface area contributed by atoms with Crippen LogP contribution in [0.1, 0.15) is 22.8 Å². The Morgan fingerprint density at radius 2 is 2.18 bits per heavy atom. The van der Waals surface area contributed by atoms with Gasteiger partial charge in [-0.25, -0.2) is 9.37 Å². The maximum Gasteiger partial charge on any atom is 0.261 e. The van der Waals surface area contributed by atoms with E-state index in [4.69, 9.17) is 14.5 Å². The number of benzene rings is 2. The number of hydrogen-bond donors (Lipinski definition) is 4. The van der Waals surface area contributed by atoms with Crippen molar-refractivity contribution in [3.8, 4) is 17.1 Å². The highest BCUT2D eigenvalue weighted by Gasteiger charge is 2.22. The maximum absolute atomic E-state index is 13.2. The number of hydrogen-bond acceptors (Lipinski definition) is 7. The molecule has 1 fully saturated rings. The van der Waals surface area contributed by atoms with Crippen LogP contribution in [0.15, 0.2) is 47.4 Å². The zero-order valence-electron chi connectivity index (χ0n) is 21.8. The number of halogens is 2.